The zero-order valence-electron chi connectivity index (χ0n) is 26.6. The fraction of sp³-hybridized carbons (Fsp3) is 0.0938. The van der Waals surface area contributed by atoms with E-state index in [1.54, 1.807) is 62.4 Å². The summed E-state index contributed by atoms with van der Waals surface area (Å²) in [5.41, 5.74) is 0.882. The normalized spacial score (nSPS) is 13.8. The number of phenolic OH excluding ortho intramolecular Hbond substituents is 1. The molecule has 1 aromatic heterocycles. The van der Waals surface area contributed by atoms with E-state index in [0.29, 0.717) is 22.8 Å². The van der Waals surface area contributed by atoms with E-state index in [0.717, 1.165) is 36.4 Å². The Hall–Kier alpha value is -6.84. The van der Waals surface area contributed by atoms with Crippen molar-refractivity contribution < 1.29 is 42.2 Å². The number of nitrogens with zero attached hydrogens (tertiary/aromatic N) is 9. The predicted molar refractivity (Wildman–Crippen MR) is 178 cm³/mol. The second kappa shape index (κ2) is 16.0. The topological polar surface area (TPSA) is 249 Å². The maximum Gasteiger partial charge on any atom is 0.299 e. The van der Waals surface area contributed by atoms with Crippen molar-refractivity contribution in [1.82, 2.24) is 9.78 Å². The van der Waals surface area contributed by atoms with Gasteiger partial charge in [-0.15, -0.1) is 5.11 Å². The minimum Gasteiger partial charge on any atom is -0.871 e. The summed E-state index contributed by atoms with van der Waals surface area (Å²) in [5.74, 6) is -1.18. The third-order valence-corrected chi connectivity index (χ3v) is 7.01. The molecule has 5 aromatic rings. The maximum absolute atomic E-state index is 12.5. The van der Waals surface area contributed by atoms with E-state index in [-0.39, 0.29) is 51.5 Å². The molecule has 19 heteroatoms. The number of amides is 1. The summed E-state index contributed by atoms with van der Waals surface area (Å²) in [6, 6.07) is 23.3. The number of hydrogen-bond acceptors (Lipinski definition) is 13. The van der Waals surface area contributed by atoms with Crippen LogP contribution < -0.4 is 15.7 Å². The number of anilines is 1. The molecule has 1 amide bonds. The van der Waals surface area contributed by atoms with Crippen LogP contribution in [0, 0.1) is 27.2 Å². The van der Waals surface area contributed by atoms with Crippen LogP contribution in [0.5, 0.6) is 11.5 Å². The SMILES string of the molecule is CC1=NN(c2ccccc2)C(=O)C1N=Nc1cc([N+](=O)[O-])ccc1O.Cc1[nH]n(-c2ccccc2)c(=O)c1N=Nc1cc([N+](=O)[O-])ccc1[O-].[Cr]. The van der Waals surface area contributed by atoms with Gasteiger partial charge >= 0.3 is 0 Å². The average molecular weight is 730 g/mol. The number of hydrogen-bond donors (Lipinski definition) is 2. The van der Waals surface area contributed by atoms with Gasteiger partial charge in [-0.25, -0.2) is 4.68 Å². The van der Waals surface area contributed by atoms with E-state index in [1.807, 2.05) is 12.1 Å². The second-order valence-electron chi connectivity index (χ2n) is 10.4. The third kappa shape index (κ3) is 8.43. The number of aromatic amines is 1. The summed E-state index contributed by atoms with van der Waals surface area (Å²) in [6.07, 6.45) is 0. The van der Waals surface area contributed by atoms with Crippen LogP contribution in [0.3, 0.4) is 0 Å². The molecule has 1 atom stereocenters. The molecule has 1 aliphatic rings. The Labute approximate surface area is 298 Å². The molecule has 4 aromatic carbocycles. The molecule has 2 N–H and O–H groups in total. The van der Waals surface area contributed by atoms with Gasteiger partial charge in [0.2, 0.25) is 0 Å². The van der Waals surface area contributed by atoms with Crippen LogP contribution in [0.4, 0.5) is 34.1 Å². The number of non-ortho nitro benzene ring substituents is 2. The fourth-order valence-corrected chi connectivity index (χ4v) is 4.48. The molecule has 258 valence electrons. The van der Waals surface area contributed by atoms with E-state index < -0.39 is 33.1 Å². The monoisotopic (exact) mass is 729 g/mol. The standard InChI is InChI=1S/2C16H13N5O4.Cr/c2*1-10-15(16(23)20(19-10)11-5-3-2-4-6-11)18-17-13-9-12(21(24)25)7-8-14(13)22;/h2-9,19,22H,1H3;2-9,15,22H,1H3;/p-1. The van der Waals surface area contributed by atoms with Crippen LogP contribution in [0.2, 0.25) is 0 Å². The predicted octanol–water partition coefficient (Wildman–Crippen LogP) is 6.04. The molecule has 0 saturated heterocycles. The first-order valence-electron chi connectivity index (χ1n) is 14.5. The molecule has 0 aliphatic carbocycles. The molecule has 6 rings (SSSR count). The second-order valence-corrected chi connectivity index (χ2v) is 10.4. The van der Waals surface area contributed by atoms with Gasteiger partial charge in [0.1, 0.15) is 11.4 Å². The smallest absolute Gasteiger partial charge is 0.299 e. The first-order chi connectivity index (χ1) is 23.9. The molecule has 0 fully saturated rings. The molecular weight excluding hydrogens is 704 g/mol. The Morgan fingerprint density at radius 3 is 1.96 bits per heavy atom. The fourth-order valence-electron chi connectivity index (χ4n) is 4.48. The number of azo groups is 2. The van der Waals surface area contributed by atoms with Gasteiger partial charge in [0.15, 0.2) is 11.7 Å². The van der Waals surface area contributed by atoms with Crippen molar-refractivity contribution in [3.63, 3.8) is 0 Å². The van der Waals surface area contributed by atoms with Crippen molar-refractivity contribution in [2.45, 2.75) is 19.9 Å². The molecule has 0 bridgehead atoms. The number of carbonyl (C=O) groups excluding carboxylic acids is 1. The molecular formula is C32H25CrN10O8-. The largest absolute Gasteiger partial charge is 0.871 e. The van der Waals surface area contributed by atoms with Gasteiger partial charge in [-0.1, -0.05) is 48.2 Å². The summed E-state index contributed by atoms with van der Waals surface area (Å²) in [7, 11) is 0. The van der Waals surface area contributed by atoms with Crippen LogP contribution in [-0.2, 0) is 22.2 Å². The molecule has 1 aliphatic heterocycles. The third-order valence-electron chi connectivity index (χ3n) is 7.01. The summed E-state index contributed by atoms with van der Waals surface area (Å²) in [6.45, 7) is 3.28. The van der Waals surface area contributed by atoms with Crippen LogP contribution >= 0.6 is 0 Å². The van der Waals surface area contributed by atoms with Crippen LogP contribution in [0.1, 0.15) is 12.6 Å². The number of nitrogens with one attached hydrogen (secondary N) is 1. The van der Waals surface area contributed by atoms with Gasteiger partial charge in [0, 0.05) is 41.6 Å². The van der Waals surface area contributed by atoms with Gasteiger partial charge in [-0.3, -0.25) is 34.9 Å². The molecule has 51 heavy (non-hydrogen) atoms. The number of aromatic nitrogens is 2. The molecule has 0 saturated carbocycles. The zero-order chi connectivity index (χ0) is 35.9. The van der Waals surface area contributed by atoms with Crippen LogP contribution in [-0.4, -0.2) is 42.4 Å². The van der Waals surface area contributed by atoms with E-state index in [2.05, 4.69) is 30.7 Å². The molecule has 1 unspecified atom stereocenters. The molecule has 18 nitrogen and oxygen atoms in total. The van der Waals surface area contributed by atoms with Gasteiger partial charge in [-0.2, -0.15) is 25.5 Å². The number of benzene rings is 4. The number of nitro benzene ring substituents is 2. The van der Waals surface area contributed by atoms with Crippen molar-refractivity contribution in [3.8, 4) is 17.2 Å². The van der Waals surface area contributed by atoms with Gasteiger partial charge in [-0.05, 0) is 44.2 Å². The Balaban J connectivity index is 0.000000224. The number of aryl methyl sites for hydroxylation is 1. The first kappa shape index (κ1) is 37.0. The number of aromatic hydroxyl groups is 1. The molecule has 0 radical (unpaired) electrons. The van der Waals surface area contributed by atoms with E-state index in [4.69, 9.17) is 0 Å². The number of para-hydroxylation sites is 2. The Morgan fingerprint density at radius 1 is 0.784 bits per heavy atom. The van der Waals surface area contributed by atoms with Gasteiger partial charge in [0.05, 0.1) is 38.3 Å². The average Bonchev–Trinajstić information content (AvgIpc) is 3.56. The Bertz CT molecular complexity index is 2240. The number of hydrazone groups is 1. The van der Waals surface area contributed by atoms with E-state index in [9.17, 15) is 40.0 Å². The van der Waals surface area contributed by atoms with E-state index in [1.165, 1.54) is 9.69 Å². The number of nitro groups is 2. The number of phenols is 1. The van der Waals surface area contributed by atoms with E-state index >= 15 is 0 Å². The number of rotatable bonds is 8. The Morgan fingerprint density at radius 2 is 1.35 bits per heavy atom. The maximum atomic E-state index is 12.5. The number of H-pyrrole nitrogens is 1. The number of carbonyl (C=O) groups is 1. The summed E-state index contributed by atoms with van der Waals surface area (Å²) >= 11 is 0. The minimum absolute atomic E-state index is 0. The summed E-state index contributed by atoms with van der Waals surface area (Å²) in [4.78, 5) is 45.3. The minimum atomic E-state index is -0.945. The zero-order valence-corrected chi connectivity index (χ0v) is 27.8. The van der Waals surface area contributed by atoms with Crippen molar-refractivity contribution in [2.75, 3.05) is 5.01 Å². The van der Waals surface area contributed by atoms with Crippen LogP contribution in [0.25, 0.3) is 5.69 Å². The van der Waals surface area contributed by atoms with Gasteiger partial charge < -0.3 is 10.2 Å². The molecule has 2 heterocycles. The van der Waals surface area contributed by atoms with Crippen molar-refractivity contribution in [1.29, 1.82) is 0 Å². The quantitative estimate of drug-likeness (QED) is 0.108. The van der Waals surface area contributed by atoms with Crippen molar-refractivity contribution in [2.24, 2.45) is 25.6 Å². The summed E-state index contributed by atoms with van der Waals surface area (Å²) < 4.78 is 1.30. The Kier molecular flexibility index (Phi) is 11.6. The summed E-state index contributed by atoms with van der Waals surface area (Å²) in [5, 5.41) is 66.6. The molecule has 0 spiro atoms. The van der Waals surface area contributed by atoms with Crippen LogP contribution in [0.15, 0.2) is 127 Å². The van der Waals surface area contributed by atoms with Gasteiger partial charge in [0.25, 0.3) is 22.8 Å². The first-order valence-corrected chi connectivity index (χ1v) is 14.5. The van der Waals surface area contributed by atoms with Crippen molar-refractivity contribution in [3.05, 3.63) is 133 Å². The van der Waals surface area contributed by atoms with Crippen molar-refractivity contribution >= 4 is 45.7 Å².